The fraction of sp³-hybridized carbons (Fsp3) is 0.400. The monoisotopic (exact) mass is 333 g/mol. The maximum atomic E-state index is 12.1. The van der Waals surface area contributed by atoms with Crippen LogP contribution in [-0.4, -0.2) is 38.5 Å². The molecule has 0 atom stereocenters. The molecule has 0 aromatic carbocycles. The van der Waals surface area contributed by atoms with Gasteiger partial charge in [-0.25, -0.2) is 9.78 Å². The van der Waals surface area contributed by atoms with E-state index in [4.69, 9.17) is 0 Å². The van der Waals surface area contributed by atoms with E-state index in [0.29, 0.717) is 0 Å². The molecule has 0 saturated heterocycles. The zero-order valence-corrected chi connectivity index (χ0v) is 13.9. The number of aromatic nitrogens is 3. The SMILES string of the molecule is CC(C)NC(=O)CNC(=O)c1ccc2c(=O)n(C)c(=O)n(C)c2n1. The maximum Gasteiger partial charge on any atom is 0.332 e. The predicted octanol–water partition coefficient (Wildman–Crippen LogP) is -1.11. The van der Waals surface area contributed by atoms with Crippen LogP contribution in [0.1, 0.15) is 24.3 Å². The largest absolute Gasteiger partial charge is 0.352 e. The lowest BCUT2D eigenvalue weighted by atomic mass is 10.2. The lowest BCUT2D eigenvalue weighted by Gasteiger charge is -2.10. The van der Waals surface area contributed by atoms with Crippen molar-refractivity contribution in [2.45, 2.75) is 19.9 Å². The summed E-state index contributed by atoms with van der Waals surface area (Å²) in [6.45, 7) is 3.43. The second kappa shape index (κ2) is 6.65. The number of aryl methyl sites for hydroxylation is 1. The van der Waals surface area contributed by atoms with Crippen LogP contribution < -0.4 is 21.9 Å². The first-order chi connectivity index (χ1) is 11.2. The van der Waals surface area contributed by atoms with Gasteiger partial charge in [-0.3, -0.25) is 23.5 Å². The third-order valence-electron chi connectivity index (χ3n) is 3.39. The van der Waals surface area contributed by atoms with Crippen molar-refractivity contribution in [1.29, 1.82) is 0 Å². The smallest absolute Gasteiger partial charge is 0.332 e. The summed E-state index contributed by atoms with van der Waals surface area (Å²) >= 11 is 0. The van der Waals surface area contributed by atoms with Crippen LogP contribution in [0.3, 0.4) is 0 Å². The van der Waals surface area contributed by atoms with Crippen molar-refractivity contribution in [2.75, 3.05) is 6.54 Å². The molecule has 128 valence electrons. The van der Waals surface area contributed by atoms with Gasteiger partial charge >= 0.3 is 5.69 Å². The first kappa shape index (κ1) is 17.4. The molecule has 24 heavy (non-hydrogen) atoms. The van der Waals surface area contributed by atoms with Crippen LogP contribution in [0.15, 0.2) is 21.7 Å². The summed E-state index contributed by atoms with van der Waals surface area (Å²) in [4.78, 5) is 51.7. The summed E-state index contributed by atoms with van der Waals surface area (Å²) in [5, 5.41) is 5.32. The Morgan fingerprint density at radius 2 is 1.83 bits per heavy atom. The Hall–Kier alpha value is -2.97. The highest BCUT2D eigenvalue weighted by atomic mass is 16.2. The summed E-state index contributed by atoms with van der Waals surface area (Å²) in [5.41, 5.74) is -0.886. The number of hydrogen-bond donors (Lipinski definition) is 2. The third kappa shape index (κ3) is 3.34. The summed E-state index contributed by atoms with van der Waals surface area (Å²) in [6, 6.07) is 2.79. The van der Waals surface area contributed by atoms with Crippen LogP contribution in [0.4, 0.5) is 0 Å². The Bertz CT molecular complexity index is 926. The molecule has 0 aliphatic heterocycles. The van der Waals surface area contributed by atoms with E-state index in [9.17, 15) is 19.2 Å². The van der Waals surface area contributed by atoms with Gasteiger partial charge in [0.25, 0.3) is 11.5 Å². The number of carbonyl (C=O) groups is 2. The van der Waals surface area contributed by atoms with Crippen molar-refractivity contribution in [3.05, 3.63) is 38.7 Å². The maximum absolute atomic E-state index is 12.1. The number of carbonyl (C=O) groups excluding carboxylic acids is 2. The number of fused-ring (bicyclic) bond motifs is 1. The number of rotatable bonds is 4. The zero-order valence-electron chi connectivity index (χ0n) is 13.9. The predicted molar refractivity (Wildman–Crippen MR) is 87.8 cm³/mol. The number of nitrogens with one attached hydrogen (secondary N) is 2. The van der Waals surface area contributed by atoms with Crippen molar-refractivity contribution in [3.8, 4) is 0 Å². The zero-order chi connectivity index (χ0) is 18.0. The summed E-state index contributed by atoms with van der Waals surface area (Å²) in [7, 11) is 2.84. The van der Waals surface area contributed by atoms with Gasteiger partial charge in [0.15, 0.2) is 0 Å². The van der Waals surface area contributed by atoms with E-state index in [1.807, 2.05) is 13.8 Å². The molecule has 2 aromatic rings. The van der Waals surface area contributed by atoms with E-state index in [1.54, 1.807) is 0 Å². The quantitative estimate of drug-likeness (QED) is 0.736. The van der Waals surface area contributed by atoms with Crippen molar-refractivity contribution < 1.29 is 9.59 Å². The standard InChI is InChI=1S/C15H19N5O4/c1-8(2)17-11(21)7-16-13(22)10-6-5-9-12(18-10)19(3)15(24)20(4)14(9)23/h5-6,8H,7H2,1-4H3,(H,16,22)(H,17,21). The van der Waals surface area contributed by atoms with Gasteiger partial charge < -0.3 is 10.6 Å². The van der Waals surface area contributed by atoms with Crippen LogP contribution in [0, 0.1) is 0 Å². The van der Waals surface area contributed by atoms with Crippen LogP contribution in [-0.2, 0) is 18.9 Å². The lowest BCUT2D eigenvalue weighted by molar-refractivity contribution is -0.120. The molecule has 2 N–H and O–H groups in total. The lowest BCUT2D eigenvalue weighted by Crippen LogP contribution is -2.40. The van der Waals surface area contributed by atoms with Crippen LogP contribution >= 0.6 is 0 Å². The number of pyridine rings is 1. The fourth-order valence-electron chi connectivity index (χ4n) is 2.20. The summed E-state index contributed by atoms with van der Waals surface area (Å²) in [6.07, 6.45) is 0. The highest BCUT2D eigenvalue weighted by Crippen LogP contribution is 2.06. The van der Waals surface area contributed by atoms with E-state index in [-0.39, 0.29) is 35.2 Å². The molecule has 2 amide bonds. The third-order valence-corrected chi connectivity index (χ3v) is 3.39. The van der Waals surface area contributed by atoms with Gasteiger partial charge in [-0.1, -0.05) is 0 Å². The Labute approximate surface area is 137 Å². The second-order valence-electron chi connectivity index (χ2n) is 5.68. The molecule has 2 rings (SSSR count). The Balaban J connectivity index is 2.31. The molecule has 0 aliphatic carbocycles. The van der Waals surface area contributed by atoms with Gasteiger partial charge in [0.1, 0.15) is 11.3 Å². The number of hydrogen-bond acceptors (Lipinski definition) is 5. The molecule has 0 aliphatic rings. The van der Waals surface area contributed by atoms with Crippen LogP contribution in [0.25, 0.3) is 11.0 Å². The Morgan fingerprint density at radius 1 is 1.17 bits per heavy atom. The molecule has 0 bridgehead atoms. The second-order valence-corrected chi connectivity index (χ2v) is 5.68. The van der Waals surface area contributed by atoms with E-state index < -0.39 is 17.2 Å². The molecule has 2 aromatic heterocycles. The van der Waals surface area contributed by atoms with Crippen molar-refractivity contribution in [2.24, 2.45) is 14.1 Å². The molecule has 0 spiro atoms. The number of nitrogens with zero attached hydrogens (tertiary/aromatic N) is 3. The highest BCUT2D eigenvalue weighted by molar-refractivity contribution is 5.96. The summed E-state index contributed by atoms with van der Waals surface area (Å²) in [5.74, 6) is -0.885. The normalized spacial score (nSPS) is 10.9. The topological polar surface area (TPSA) is 115 Å². The van der Waals surface area contributed by atoms with Gasteiger partial charge in [-0.15, -0.1) is 0 Å². The van der Waals surface area contributed by atoms with Crippen molar-refractivity contribution >= 4 is 22.8 Å². The van der Waals surface area contributed by atoms with Gasteiger partial charge in [-0.2, -0.15) is 0 Å². The molecule has 2 heterocycles. The molecule has 9 heteroatoms. The van der Waals surface area contributed by atoms with Gasteiger partial charge in [0, 0.05) is 20.1 Å². The van der Waals surface area contributed by atoms with Gasteiger partial charge in [-0.05, 0) is 26.0 Å². The minimum Gasteiger partial charge on any atom is -0.352 e. The molecule has 0 radical (unpaired) electrons. The average Bonchev–Trinajstić information content (AvgIpc) is 2.54. The van der Waals surface area contributed by atoms with E-state index in [0.717, 1.165) is 4.57 Å². The minimum atomic E-state index is -0.566. The fourth-order valence-corrected chi connectivity index (χ4v) is 2.20. The van der Waals surface area contributed by atoms with Crippen LogP contribution in [0.2, 0.25) is 0 Å². The average molecular weight is 333 g/mol. The first-order valence-corrected chi connectivity index (χ1v) is 7.36. The molecule has 0 fully saturated rings. The van der Waals surface area contributed by atoms with Gasteiger partial charge in [0.05, 0.1) is 11.9 Å². The number of amides is 2. The highest BCUT2D eigenvalue weighted by Gasteiger charge is 2.14. The summed E-state index contributed by atoms with van der Waals surface area (Å²) < 4.78 is 2.17. The first-order valence-electron chi connectivity index (χ1n) is 7.36. The molecular weight excluding hydrogens is 314 g/mol. The Morgan fingerprint density at radius 3 is 2.46 bits per heavy atom. The molecule has 0 unspecified atom stereocenters. The van der Waals surface area contributed by atoms with Crippen molar-refractivity contribution in [1.82, 2.24) is 24.8 Å². The Kier molecular flexibility index (Phi) is 4.82. The van der Waals surface area contributed by atoms with E-state index >= 15 is 0 Å². The van der Waals surface area contributed by atoms with E-state index in [1.165, 1.54) is 30.8 Å². The minimum absolute atomic E-state index is 0.0168. The van der Waals surface area contributed by atoms with Crippen molar-refractivity contribution in [3.63, 3.8) is 0 Å². The van der Waals surface area contributed by atoms with E-state index in [2.05, 4.69) is 15.6 Å². The van der Waals surface area contributed by atoms with Crippen LogP contribution in [0.5, 0.6) is 0 Å². The van der Waals surface area contributed by atoms with Gasteiger partial charge in [0.2, 0.25) is 5.91 Å². The molecule has 9 nitrogen and oxygen atoms in total. The molecular formula is C15H19N5O4. The molecule has 0 saturated carbocycles.